The van der Waals surface area contributed by atoms with Gasteiger partial charge in [0.05, 0.1) is 0 Å². The molecule has 0 aliphatic heterocycles. The van der Waals surface area contributed by atoms with Crippen molar-refractivity contribution in [3.8, 4) is 0 Å². The third kappa shape index (κ3) is 3.98. The molecular formula is C18H36N2. The van der Waals surface area contributed by atoms with E-state index in [-0.39, 0.29) is 0 Å². The molecule has 0 aromatic rings. The van der Waals surface area contributed by atoms with Gasteiger partial charge in [-0.3, -0.25) is 4.90 Å². The molecule has 118 valence electrons. The van der Waals surface area contributed by atoms with Gasteiger partial charge in [-0.2, -0.15) is 0 Å². The molecule has 2 nitrogen and oxygen atoms in total. The van der Waals surface area contributed by atoms with Crippen LogP contribution < -0.4 is 5.73 Å². The van der Waals surface area contributed by atoms with Crippen LogP contribution >= 0.6 is 0 Å². The van der Waals surface area contributed by atoms with E-state index < -0.39 is 0 Å². The zero-order chi connectivity index (χ0) is 14.8. The normalized spacial score (nSPS) is 31.8. The standard InChI is InChI=1S/C18H36N2/c1-5-6-11-20(16-9-10-16)17-12-15(18(2,3)4)8-7-14(17)13-19/h14-17H,5-13,19H2,1-4H3. The molecule has 2 aliphatic carbocycles. The summed E-state index contributed by atoms with van der Waals surface area (Å²) in [7, 11) is 0. The fraction of sp³-hybridized carbons (Fsp3) is 1.00. The van der Waals surface area contributed by atoms with Gasteiger partial charge in [0.1, 0.15) is 0 Å². The third-order valence-electron chi connectivity index (χ3n) is 5.70. The number of hydrogen-bond acceptors (Lipinski definition) is 2. The molecule has 2 N–H and O–H groups in total. The summed E-state index contributed by atoms with van der Waals surface area (Å²) in [5.41, 5.74) is 6.56. The topological polar surface area (TPSA) is 29.3 Å². The molecular weight excluding hydrogens is 244 g/mol. The Morgan fingerprint density at radius 1 is 1.10 bits per heavy atom. The lowest BCUT2D eigenvalue weighted by Gasteiger charge is -2.46. The summed E-state index contributed by atoms with van der Waals surface area (Å²) in [6.07, 6.45) is 9.63. The molecule has 0 aromatic heterocycles. The van der Waals surface area contributed by atoms with Crippen LogP contribution in [0.5, 0.6) is 0 Å². The van der Waals surface area contributed by atoms with Crippen LogP contribution in [0.2, 0.25) is 0 Å². The van der Waals surface area contributed by atoms with Crippen molar-refractivity contribution in [3.05, 3.63) is 0 Å². The highest BCUT2D eigenvalue weighted by Gasteiger charge is 2.42. The van der Waals surface area contributed by atoms with Gasteiger partial charge in [-0.15, -0.1) is 0 Å². The summed E-state index contributed by atoms with van der Waals surface area (Å²) in [5.74, 6) is 1.62. The molecule has 3 atom stereocenters. The molecule has 2 fully saturated rings. The number of nitrogens with two attached hydrogens (primary N) is 1. The maximum atomic E-state index is 6.11. The van der Waals surface area contributed by atoms with Gasteiger partial charge in [0.15, 0.2) is 0 Å². The molecule has 2 heteroatoms. The Balaban J connectivity index is 2.06. The fourth-order valence-electron chi connectivity index (χ4n) is 4.04. The van der Waals surface area contributed by atoms with Gasteiger partial charge in [-0.05, 0) is 68.9 Å². The van der Waals surface area contributed by atoms with E-state index >= 15 is 0 Å². The molecule has 3 unspecified atom stereocenters. The highest BCUT2D eigenvalue weighted by atomic mass is 15.2. The van der Waals surface area contributed by atoms with E-state index in [2.05, 4.69) is 32.6 Å². The summed E-state index contributed by atoms with van der Waals surface area (Å²) in [6.45, 7) is 11.8. The Hall–Kier alpha value is -0.0800. The molecule has 2 rings (SSSR count). The second-order valence-corrected chi connectivity index (χ2v) is 8.26. The van der Waals surface area contributed by atoms with Gasteiger partial charge in [0.2, 0.25) is 0 Å². The number of rotatable bonds is 6. The first kappa shape index (κ1) is 16.3. The molecule has 0 aromatic carbocycles. The minimum atomic E-state index is 0.456. The first-order valence-corrected chi connectivity index (χ1v) is 8.93. The summed E-state index contributed by atoms with van der Waals surface area (Å²) >= 11 is 0. The monoisotopic (exact) mass is 280 g/mol. The van der Waals surface area contributed by atoms with E-state index in [1.807, 2.05) is 0 Å². The zero-order valence-electron chi connectivity index (χ0n) is 14.2. The average molecular weight is 280 g/mol. The van der Waals surface area contributed by atoms with Crippen LogP contribution in [0.25, 0.3) is 0 Å². The average Bonchev–Trinajstić information content (AvgIpc) is 3.22. The lowest BCUT2D eigenvalue weighted by Crippen LogP contribution is -2.49. The van der Waals surface area contributed by atoms with E-state index in [1.54, 1.807) is 0 Å². The van der Waals surface area contributed by atoms with Crippen LogP contribution in [-0.2, 0) is 0 Å². The van der Waals surface area contributed by atoms with Crippen molar-refractivity contribution >= 4 is 0 Å². The highest BCUT2D eigenvalue weighted by Crippen LogP contribution is 2.43. The minimum Gasteiger partial charge on any atom is -0.330 e. The molecule has 0 bridgehead atoms. The smallest absolute Gasteiger partial charge is 0.0141 e. The molecule has 0 saturated heterocycles. The first-order valence-electron chi connectivity index (χ1n) is 8.93. The molecule has 2 aliphatic rings. The van der Waals surface area contributed by atoms with Crippen LogP contribution in [0.3, 0.4) is 0 Å². The quantitative estimate of drug-likeness (QED) is 0.795. The first-order chi connectivity index (χ1) is 9.47. The second kappa shape index (κ2) is 6.79. The van der Waals surface area contributed by atoms with E-state index in [9.17, 15) is 0 Å². The third-order valence-corrected chi connectivity index (χ3v) is 5.70. The molecule has 2 saturated carbocycles. The SMILES string of the molecule is CCCCN(C1CC1)C1CC(C(C)(C)C)CCC1CN. The van der Waals surface area contributed by atoms with Gasteiger partial charge in [-0.1, -0.05) is 34.1 Å². The summed E-state index contributed by atoms with van der Waals surface area (Å²) in [5, 5.41) is 0. The summed E-state index contributed by atoms with van der Waals surface area (Å²) in [4.78, 5) is 2.86. The van der Waals surface area contributed by atoms with Crippen molar-refractivity contribution in [1.29, 1.82) is 0 Å². The molecule has 0 radical (unpaired) electrons. The lowest BCUT2D eigenvalue weighted by molar-refractivity contribution is 0.0394. The Morgan fingerprint density at radius 3 is 2.30 bits per heavy atom. The van der Waals surface area contributed by atoms with Crippen LogP contribution in [0, 0.1) is 17.3 Å². The van der Waals surface area contributed by atoms with Crippen molar-refractivity contribution in [1.82, 2.24) is 4.90 Å². The van der Waals surface area contributed by atoms with Crippen molar-refractivity contribution in [2.75, 3.05) is 13.1 Å². The van der Waals surface area contributed by atoms with Crippen LogP contribution in [-0.4, -0.2) is 30.1 Å². The number of unbranched alkanes of at least 4 members (excludes halogenated alkanes) is 1. The lowest BCUT2D eigenvalue weighted by atomic mass is 9.67. The van der Waals surface area contributed by atoms with Crippen molar-refractivity contribution in [2.24, 2.45) is 23.0 Å². The molecule has 0 amide bonds. The maximum absolute atomic E-state index is 6.11. The van der Waals surface area contributed by atoms with E-state index in [0.717, 1.165) is 30.5 Å². The zero-order valence-corrected chi connectivity index (χ0v) is 14.2. The summed E-state index contributed by atoms with van der Waals surface area (Å²) in [6, 6.07) is 1.65. The van der Waals surface area contributed by atoms with Gasteiger partial charge in [0.25, 0.3) is 0 Å². The number of nitrogens with zero attached hydrogens (tertiary/aromatic N) is 1. The van der Waals surface area contributed by atoms with E-state index in [1.165, 1.54) is 51.5 Å². The van der Waals surface area contributed by atoms with Crippen LogP contribution in [0.1, 0.15) is 72.6 Å². The van der Waals surface area contributed by atoms with Gasteiger partial charge >= 0.3 is 0 Å². The van der Waals surface area contributed by atoms with Gasteiger partial charge in [-0.25, -0.2) is 0 Å². The predicted molar refractivity (Wildman–Crippen MR) is 87.8 cm³/mol. The molecule has 20 heavy (non-hydrogen) atoms. The maximum Gasteiger partial charge on any atom is 0.0141 e. The minimum absolute atomic E-state index is 0.456. The molecule has 0 spiro atoms. The van der Waals surface area contributed by atoms with Gasteiger partial charge in [0, 0.05) is 12.1 Å². The Kier molecular flexibility index (Phi) is 5.53. The van der Waals surface area contributed by atoms with Crippen molar-refractivity contribution in [2.45, 2.75) is 84.7 Å². The number of hydrogen-bond donors (Lipinski definition) is 1. The van der Waals surface area contributed by atoms with Crippen molar-refractivity contribution < 1.29 is 0 Å². The fourth-order valence-corrected chi connectivity index (χ4v) is 4.04. The second-order valence-electron chi connectivity index (χ2n) is 8.26. The molecule has 0 heterocycles. The van der Waals surface area contributed by atoms with Gasteiger partial charge < -0.3 is 5.73 Å². The Morgan fingerprint density at radius 2 is 1.80 bits per heavy atom. The highest BCUT2D eigenvalue weighted by molar-refractivity contribution is 4.96. The summed E-state index contributed by atoms with van der Waals surface area (Å²) < 4.78 is 0. The van der Waals surface area contributed by atoms with Crippen LogP contribution in [0.15, 0.2) is 0 Å². The largest absolute Gasteiger partial charge is 0.330 e. The van der Waals surface area contributed by atoms with Crippen LogP contribution in [0.4, 0.5) is 0 Å². The Bertz CT molecular complexity index is 290. The van der Waals surface area contributed by atoms with Crippen molar-refractivity contribution in [3.63, 3.8) is 0 Å². The van der Waals surface area contributed by atoms with E-state index in [0.29, 0.717) is 5.41 Å². The predicted octanol–water partition coefficient (Wildman–Crippen LogP) is 4.04. The Labute approximate surface area is 126 Å². The van der Waals surface area contributed by atoms with E-state index in [4.69, 9.17) is 5.73 Å².